The maximum atomic E-state index is 12.1. The Morgan fingerprint density at radius 2 is 1.45 bits per heavy atom. The number of aryl methyl sites for hydroxylation is 2. The lowest BCUT2D eigenvalue weighted by Gasteiger charge is -2.16. The number of anilines is 3. The lowest BCUT2D eigenvalue weighted by molar-refractivity contribution is -0.600. The molecule has 0 unspecified atom stereocenters. The highest BCUT2D eigenvalue weighted by atomic mass is 35.5. The standard InChI is InChI=1S/C18H17ClN4O2S.C11H13N2OS.C7H6Cl2N2O/c1-10-22-15(9-26-10)11-5-4-6-13(17(11)25-3)23-14-7-16(19)21-8-12(14)18(24)20-2;1-13-6-8(7-15-13)9-4-3-5-10(12)11(9)14-2;1-10-7(12)4-3-11-6(9)2-5(4)8/h4-9H,1-3H3,(H,20,24)(H,21,23);3-7H,12H2,1-2H3;2-3H,1H3,(H,10,12)/q;+1;. The molecule has 0 aliphatic heterocycles. The molecule has 0 spiro atoms. The largest absolute Gasteiger partial charge is 0.494 e. The van der Waals surface area contributed by atoms with E-state index in [9.17, 15) is 9.59 Å². The van der Waals surface area contributed by atoms with Gasteiger partial charge in [-0.1, -0.05) is 53.0 Å². The molecule has 0 saturated heterocycles. The van der Waals surface area contributed by atoms with E-state index < -0.39 is 0 Å². The molecule has 0 fully saturated rings. The van der Waals surface area contributed by atoms with Crippen LogP contribution in [0.1, 0.15) is 25.7 Å². The van der Waals surface area contributed by atoms with Crippen LogP contribution < -0.4 is 35.1 Å². The van der Waals surface area contributed by atoms with Gasteiger partial charge in [-0.15, -0.1) is 15.3 Å². The van der Waals surface area contributed by atoms with Crippen LogP contribution in [0.5, 0.6) is 11.5 Å². The Bertz CT molecular complexity index is 2210. The number of hydrogen-bond acceptors (Lipinski definition) is 11. The molecule has 4 heterocycles. The van der Waals surface area contributed by atoms with E-state index in [0.717, 1.165) is 33.1 Å². The minimum Gasteiger partial charge on any atom is -0.494 e. The number of para-hydroxylation sites is 2. The van der Waals surface area contributed by atoms with Gasteiger partial charge in [-0.3, -0.25) is 9.59 Å². The zero-order valence-electron chi connectivity index (χ0n) is 29.5. The van der Waals surface area contributed by atoms with Crippen LogP contribution in [0.4, 0.5) is 17.1 Å². The second kappa shape index (κ2) is 19.2. The Hall–Kier alpha value is -4.99. The van der Waals surface area contributed by atoms with Gasteiger partial charge in [-0.05, 0) is 37.3 Å². The number of halogens is 3. The Kier molecular flexibility index (Phi) is 14.8. The van der Waals surface area contributed by atoms with Gasteiger partial charge < -0.3 is 31.2 Å². The number of pyridine rings is 2. The maximum Gasteiger partial charge on any atom is 0.254 e. The third-order valence-corrected chi connectivity index (χ3v) is 9.54. The van der Waals surface area contributed by atoms with Crippen molar-refractivity contribution in [2.75, 3.05) is 39.4 Å². The smallest absolute Gasteiger partial charge is 0.254 e. The van der Waals surface area contributed by atoms with E-state index in [1.165, 1.54) is 25.5 Å². The molecular formula is C36H36Cl3N8O4S2+. The summed E-state index contributed by atoms with van der Waals surface area (Å²) < 4.78 is 13.0. The van der Waals surface area contributed by atoms with E-state index >= 15 is 0 Å². The lowest BCUT2D eigenvalue weighted by Crippen LogP contribution is -2.19. The van der Waals surface area contributed by atoms with Crippen molar-refractivity contribution in [3.8, 4) is 33.9 Å². The van der Waals surface area contributed by atoms with Crippen molar-refractivity contribution in [3.63, 3.8) is 0 Å². The zero-order valence-corrected chi connectivity index (χ0v) is 33.4. The first-order chi connectivity index (χ1) is 25.4. The molecule has 0 saturated carbocycles. The average molecular weight is 815 g/mol. The van der Waals surface area contributed by atoms with Gasteiger partial charge in [0.05, 0.1) is 69.1 Å². The van der Waals surface area contributed by atoms with Crippen LogP contribution >= 0.6 is 57.7 Å². The summed E-state index contributed by atoms with van der Waals surface area (Å²) in [6.45, 7) is 1.96. The van der Waals surface area contributed by atoms with Gasteiger partial charge in [0.1, 0.15) is 27.6 Å². The molecule has 0 aliphatic carbocycles. The number of benzene rings is 2. The summed E-state index contributed by atoms with van der Waals surface area (Å²) in [5.41, 5.74) is 12.3. The first kappa shape index (κ1) is 40.8. The number of ether oxygens (including phenoxy) is 2. The minimum atomic E-state index is -0.274. The maximum absolute atomic E-state index is 12.1. The van der Waals surface area contributed by atoms with E-state index in [-0.39, 0.29) is 22.1 Å². The molecule has 4 aromatic heterocycles. The zero-order chi connectivity index (χ0) is 38.7. The molecule has 0 radical (unpaired) electrons. The van der Waals surface area contributed by atoms with E-state index in [1.807, 2.05) is 59.7 Å². The van der Waals surface area contributed by atoms with Crippen LogP contribution in [0.2, 0.25) is 15.3 Å². The third kappa shape index (κ3) is 10.6. The summed E-state index contributed by atoms with van der Waals surface area (Å²) in [7, 11) is 8.33. The number of methoxy groups -OCH3 is 2. The molecule has 6 aromatic rings. The highest BCUT2D eigenvalue weighted by Crippen LogP contribution is 2.39. The van der Waals surface area contributed by atoms with Crippen molar-refractivity contribution in [1.29, 1.82) is 0 Å². The van der Waals surface area contributed by atoms with Crippen LogP contribution in [0.15, 0.2) is 77.9 Å². The molecule has 17 heteroatoms. The normalized spacial score (nSPS) is 10.2. The van der Waals surface area contributed by atoms with Crippen molar-refractivity contribution in [2.24, 2.45) is 7.05 Å². The molecule has 0 aliphatic rings. The first-order valence-corrected chi connectivity index (χ1v) is 18.4. The van der Waals surface area contributed by atoms with Gasteiger partial charge >= 0.3 is 0 Å². The lowest BCUT2D eigenvalue weighted by atomic mass is 10.1. The topological polar surface area (TPSA) is 157 Å². The van der Waals surface area contributed by atoms with Gasteiger partial charge in [-0.2, -0.15) is 0 Å². The number of carbonyl (C=O) groups is 2. The van der Waals surface area contributed by atoms with Gasteiger partial charge in [0.25, 0.3) is 11.8 Å². The fraction of sp³-hybridized carbons (Fsp3) is 0.167. The Morgan fingerprint density at radius 3 is 2.04 bits per heavy atom. The van der Waals surface area contributed by atoms with Gasteiger partial charge in [0.2, 0.25) is 0 Å². The molecule has 0 bridgehead atoms. The third-order valence-electron chi connectivity index (χ3n) is 7.24. The van der Waals surface area contributed by atoms with Crippen LogP contribution in [0.3, 0.4) is 0 Å². The van der Waals surface area contributed by atoms with Crippen LogP contribution in [-0.4, -0.2) is 55.1 Å². The van der Waals surface area contributed by atoms with E-state index in [2.05, 4.69) is 42.5 Å². The number of rotatable bonds is 8. The Labute approximate surface area is 330 Å². The minimum absolute atomic E-state index is 0.262. The number of carbonyl (C=O) groups excluding carboxylic acids is 2. The van der Waals surface area contributed by atoms with Crippen LogP contribution in [0, 0.1) is 6.92 Å². The quantitative estimate of drug-likeness (QED) is 0.0683. The summed E-state index contributed by atoms with van der Waals surface area (Å²) in [6, 6.07) is 14.5. The highest BCUT2D eigenvalue weighted by Gasteiger charge is 2.17. The van der Waals surface area contributed by atoms with Crippen molar-refractivity contribution >= 4 is 86.5 Å². The Morgan fingerprint density at radius 1 is 0.830 bits per heavy atom. The molecule has 53 heavy (non-hydrogen) atoms. The number of amides is 2. The molecule has 2 amide bonds. The van der Waals surface area contributed by atoms with Gasteiger partial charge in [0, 0.05) is 43.0 Å². The number of nitrogens with two attached hydrogens (primary N) is 1. The number of aromatic nitrogens is 4. The molecule has 276 valence electrons. The van der Waals surface area contributed by atoms with Gasteiger partial charge in [-0.25, -0.2) is 15.0 Å². The van der Waals surface area contributed by atoms with Crippen LogP contribution in [0.25, 0.3) is 22.4 Å². The summed E-state index contributed by atoms with van der Waals surface area (Å²) in [5, 5.41) is 14.2. The number of hydrogen-bond donors (Lipinski definition) is 4. The summed E-state index contributed by atoms with van der Waals surface area (Å²) in [5.74, 6) is 0.843. The second-order valence-electron chi connectivity index (χ2n) is 10.7. The van der Waals surface area contributed by atoms with Crippen LogP contribution in [-0.2, 0) is 7.05 Å². The summed E-state index contributed by atoms with van der Waals surface area (Å²) in [6.07, 6.45) is 4.83. The summed E-state index contributed by atoms with van der Waals surface area (Å²) >= 11 is 20.5. The Balaban J connectivity index is 0.000000196. The molecular weight excluding hydrogens is 779 g/mol. The monoisotopic (exact) mass is 813 g/mol. The predicted molar refractivity (Wildman–Crippen MR) is 214 cm³/mol. The fourth-order valence-electron chi connectivity index (χ4n) is 4.79. The summed E-state index contributed by atoms with van der Waals surface area (Å²) in [4.78, 5) is 35.4. The van der Waals surface area contributed by atoms with Gasteiger partial charge in [0.15, 0.2) is 19.0 Å². The fourth-order valence-corrected chi connectivity index (χ4v) is 6.65. The van der Waals surface area contributed by atoms with Crippen molar-refractivity contribution in [2.45, 2.75) is 6.92 Å². The molecule has 6 rings (SSSR count). The van der Waals surface area contributed by atoms with Crippen molar-refractivity contribution in [1.82, 2.24) is 25.6 Å². The van der Waals surface area contributed by atoms with Crippen molar-refractivity contribution in [3.05, 3.63) is 109 Å². The first-order valence-electron chi connectivity index (χ1n) is 15.5. The second-order valence-corrected chi connectivity index (χ2v) is 14.0. The molecule has 2 aromatic carbocycles. The SMILES string of the molecule is CNC(=O)c1cnc(Cl)cc1Cl.CNC(=O)c1cnc(Cl)cc1Nc1cccc(-c2csc(C)n2)c1OC.COc1c(N)cccc1-c1cs[n+](C)c1. The van der Waals surface area contributed by atoms with E-state index in [0.29, 0.717) is 39.0 Å². The van der Waals surface area contributed by atoms with E-state index in [4.69, 9.17) is 50.0 Å². The average Bonchev–Trinajstić information content (AvgIpc) is 3.79. The van der Waals surface area contributed by atoms with E-state index in [1.54, 1.807) is 50.2 Å². The molecule has 0 atom stereocenters. The molecule has 5 N–H and O–H groups in total. The number of thiazole rings is 1. The number of nitrogens with zero attached hydrogens (tertiary/aromatic N) is 4. The predicted octanol–water partition coefficient (Wildman–Crippen LogP) is 7.86. The highest BCUT2D eigenvalue weighted by molar-refractivity contribution is 7.09. The number of nitrogen functional groups attached to an aromatic ring is 1. The van der Waals surface area contributed by atoms with Crippen molar-refractivity contribution < 1.29 is 23.0 Å². The molecule has 12 nitrogen and oxygen atoms in total. The number of nitrogens with one attached hydrogen (secondary N) is 3.